The third kappa shape index (κ3) is 4.18. The van der Waals surface area contributed by atoms with Gasteiger partial charge in [-0.05, 0) is 28.7 Å². The topological polar surface area (TPSA) is 91.8 Å². The van der Waals surface area contributed by atoms with E-state index in [9.17, 15) is 9.59 Å². The second kappa shape index (κ2) is 9.11. The Hall–Kier alpha value is -3.24. The molecule has 0 heterocycles. The number of ether oxygens (including phenoxy) is 1. The Morgan fingerprint density at radius 3 is 2.32 bits per heavy atom. The lowest BCUT2D eigenvalue weighted by Gasteiger charge is -2.17. The van der Waals surface area contributed by atoms with Gasteiger partial charge in [0.05, 0.1) is 0 Å². The highest BCUT2D eigenvalue weighted by molar-refractivity contribution is 6.28. The quantitative estimate of drug-likeness (QED) is 0.429. The van der Waals surface area contributed by atoms with Crippen LogP contribution in [0.15, 0.2) is 48.5 Å². The maximum absolute atomic E-state index is 12.3. The van der Waals surface area contributed by atoms with Gasteiger partial charge in [0, 0.05) is 5.92 Å². The van der Waals surface area contributed by atoms with Crippen molar-refractivity contribution in [2.24, 2.45) is 0 Å². The minimum atomic E-state index is -0.758. The van der Waals surface area contributed by atoms with Gasteiger partial charge in [0.2, 0.25) is 0 Å². The van der Waals surface area contributed by atoms with E-state index in [0.717, 1.165) is 41.3 Å². The molecule has 6 nitrogen and oxygen atoms in total. The van der Waals surface area contributed by atoms with E-state index in [0.29, 0.717) is 6.42 Å². The number of rotatable bonds is 8. The van der Waals surface area contributed by atoms with Crippen molar-refractivity contribution >= 4 is 18.1 Å². The molecule has 1 N–H and O–H groups in total. The Kier molecular flexibility index (Phi) is 6.35. The van der Waals surface area contributed by atoms with Gasteiger partial charge in [-0.2, -0.15) is 4.79 Å². The summed E-state index contributed by atoms with van der Waals surface area (Å²) in [6, 6.07) is 15.4. The zero-order valence-corrected chi connectivity index (χ0v) is 15.8. The fraction of sp³-hybridized carbons (Fsp3) is 0.318. The van der Waals surface area contributed by atoms with Crippen molar-refractivity contribution in [1.82, 2.24) is 5.32 Å². The Labute approximate surface area is 164 Å². The number of Topliss-reactive ketones (excluding diaryl/α,β-unsaturated/α-hetero) is 1. The van der Waals surface area contributed by atoms with Crippen molar-refractivity contribution in [2.45, 2.75) is 38.1 Å². The summed E-state index contributed by atoms with van der Waals surface area (Å²) in [4.78, 5) is 27.1. The minimum absolute atomic E-state index is 0.0399. The van der Waals surface area contributed by atoms with Crippen LogP contribution in [0, 0.1) is 0 Å². The van der Waals surface area contributed by atoms with Gasteiger partial charge >= 0.3 is 12.3 Å². The van der Waals surface area contributed by atoms with Gasteiger partial charge in [0.25, 0.3) is 5.78 Å². The molecule has 0 aliphatic heterocycles. The van der Waals surface area contributed by atoms with Gasteiger partial charge in [0.1, 0.15) is 12.6 Å². The number of fused-ring (bicyclic) bond motifs is 3. The number of hydrogen-bond donors (Lipinski definition) is 1. The molecule has 0 aromatic heterocycles. The SMILES string of the molecule is CCCC[C@H](NC(=O)OCC1c2ccccc2-c2ccccc21)C(=O)C=[N+]=[N-]. The molecule has 0 saturated heterocycles. The van der Waals surface area contributed by atoms with Gasteiger partial charge in [-0.3, -0.25) is 4.79 Å². The number of unbranched alkanes of at least 4 members (excludes halogenated alkanes) is 1. The first-order valence-corrected chi connectivity index (χ1v) is 9.48. The van der Waals surface area contributed by atoms with Gasteiger partial charge in [-0.1, -0.05) is 68.3 Å². The summed E-state index contributed by atoms with van der Waals surface area (Å²) in [7, 11) is 0. The van der Waals surface area contributed by atoms with E-state index in [1.165, 1.54) is 0 Å². The van der Waals surface area contributed by atoms with Gasteiger partial charge < -0.3 is 15.6 Å². The first kappa shape index (κ1) is 19.5. The summed E-state index contributed by atoms with van der Waals surface area (Å²) in [5, 5.41) is 2.60. The standard InChI is InChI=1S/C22H23N3O3/c1-2-3-12-20(21(26)13-24-23)25-22(27)28-14-19-17-10-6-4-8-15(17)16-9-5-7-11-18(16)19/h4-11,13,19-20H,2-3,12,14H2,1H3,(H,25,27)/t20-/m0/s1. The summed E-state index contributed by atoms with van der Waals surface area (Å²) < 4.78 is 5.47. The number of amides is 1. The number of ketones is 1. The summed E-state index contributed by atoms with van der Waals surface area (Å²) in [6.45, 7) is 2.18. The van der Waals surface area contributed by atoms with Crippen molar-refractivity contribution in [3.8, 4) is 11.1 Å². The number of hydrogen-bond acceptors (Lipinski definition) is 3. The lowest BCUT2D eigenvalue weighted by Crippen LogP contribution is -2.42. The number of nitrogens with one attached hydrogen (secondary N) is 1. The van der Waals surface area contributed by atoms with Gasteiger partial charge in [-0.15, -0.1) is 0 Å². The van der Waals surface area contributed by atoms with E-state index in [2.05, 4.69) is 22.2 Å². The van der Waals surface area contributed by atoms with Crippen LogP contribution in [0.1, 0.15) is 43.2 Å². The van der Waals surface area contributed by atoms with E-state index in [1.807, 2.05) is 43.3 Å². The summed E-state index contributed by atoms with van der Waals surface area (Å²) in [6.07, 6.45) is 2.27. The summed E-state index contributed by atoms with van der Waals surface area (Å²) >= 11 is 0. The molecule has 1 aliphatic rings. The number of carbonyl (C=O) groups is 2. The van der Waals surface area contributed by atoms with E-state index < -0.39 is 17.9 Å². The van der Waals surface area contributed by atoms with Crippen LogP contribution in [0.2, 0.25) is 0 Å². The molecule has 1 amide bonds. The van der Waals surface area contributed by atoms with Crippen LogP contribution < -0.4 is 5.32 Å². The summed E-state index contributed by atoms with van der Waals surface area (Å²) in [5.74, 6) is -0.494. The predicted octanol–water partition coefficient (Wildman–Crippen LogP) is 3.95. The lowest BCUT2D eigenvalue weighted by molar-refractivity contribution is -0.118. The highest BCUT2D eigenvalue weighted by atomic mass is 16.5. The average Bonchev–Trinajstić information content (AvgIpc) is 3.03. The van der Waals surface area contributed by atoms with Crippen LogP contribution in [-0.4, -0.2) is 35.5 Å². The molecule has 28 heavy (non-hydrogen) atoms. The normalized spacial score (nSPS) is 13.0. The third-order valence-electron chi connectivity index (χ3n) is 5.01. The van der Waals surface area contributed by atoms with Crippen molar-refractivity contribution < 1.29 is 19.1 Å². The molecule has 2 aromatic rings. The van der Waals surface area contributed by atoms with E-state index in [-0.39, 0.29) is 12.5 Å². The lowest BCUT2D eigenvalue weighted by atomic mass is 9.98. The van der Waals surface area contributed by atoms with Gasteiger partial charge in [-0.25, -0.2) is 4.79 Å². The number of benzene rings is 2. The third-order valence-corrected chi connectivity index (χ3v) is 5.01. The fourth-order valence-corrected chi connectivity index (χ4v) is 3.62. The van der Waals surface area contributed by atoms with Crippen LogP contribution in [0.25, 0.3) is 16.7 Å². The van der Waals surface area contributed by atoms with Crippen molar-refractivity contribution in [3.05, 3.63) is 65.2 Å². The minimum Gasteiger partial charge on any atom is -0.449 e. The van der Waals surface area contributed by atoms with Crippen LogP contribution in [0.5, 0.6) is 0 Å². The first-order chi connectivity index (χ1) is 13.7. The molecule has 2 aromatic carbocycles. The molecule has 0 fully saturated rings. The zero-order chi connectivity index (χ0) is 19.9. The molecule has 0 spiro atoms. The van der Waals surface area contributed by atoms with Crippen molar-refractivity contribution in [2.75, 3.05) is 6.61 Å². The molecule has 3 rings (SSSR count). The number of alkyl carbamates (subject to hydrolysis) is 1. The molecule has 0 bridgehead atoms. The smallest absolute Gasteiger partial charge is 0.407 e. The van der Waals surface area contributed by atoms with Crippen molar-refractivity contribution in [1.29, 1.82) is 0 Å². The Morgan fingerprint density at radius 2 is 1.75 bits per heavy atom. The van der Waals surface area contributed by atoms with Crippen LogP contribution in [-0.2, 0) is 9.53 Å². The summed E-state index contributed by atoms with van der Waals surface area (Å²) in [5.41, 5.74) is 13.1. The number of nitrogens with zero attached hydrogens (tertiary/aromatic N) is 2. The fourth-order valence-electron chi connectivity index (χ4n) is 3.62. The maximum atomic E-state index is 12.3. The molecule has 1 aliphatic carbocycles. The van der Waals surface area contributed by atoms with Crippen molar-refractivity contribution in [3.63, 3.8) is 0 Å². The van der Waals surface area contributed by atoms with E-state index >= 15 is 0 Å². The highest BCUT2D eigenvalue weighted by Gasteiger charge is 2.29. The highest BCUT2D eigenvalue weighted by Crippen LogP contribution is 2.44. The molecule has 0 radical (unpaired) electrons. The molecule has 1 atom stereocenters. The molecule has 0 unspecified atom stereocenters. The Bertz CT molecular complexity index is 873. The van der Waals surface area contributed by atoms with Gasteiger partial charge in [0.15, 0.2) is 0 Å². The zero-order valence-electron chi connectivity index (χ0n) is 15.8. The molecular formula is C22H23N3O3. The second-order valence-corrected chi connectivity index (χ2v) is 6.81. The largest absolute Gasteiger partial charge is 0.449 e. The van der Waals surface area contributed by atoms with Crippen LogP contribution >= 0.6 is 0 Å². The predicted molar refractivity (Wildman–Crippen MR) is 106 cm³/mol. The van der Waals surface area contributed by atoms with Crippen LogP contribution in [0.4, 0.5) is 4.79 Å². The first-order valence-electron chi connectivity index (χ1n) is 9.48. The molecule has 144 valence electrons. The van der Waals surface area contributed by atoms with Crippen LogP contribution in [0.3, 0.4) is 0 Å². The average molecular weight is 377 g/mol. The van der Waals surface area contributed by atoms with E-state index in [4.69, 9.17) is 10.3 Å². The second-order valence-electron chi connectivity index (χ2n) is 6.81. The Balaban J connectivity index is 1.68. The van der Waals surface area contributed by atoms with E-state index in [1.54, 1.807) is 0 Å². The molecule has 0 saturated carbocycles. The molecule has 6 heteroatoms. The number of carbonyl (C=O) groups excluding carboxylic acids is 2. The monoisotopic (exact) mass is 377 g/mol. The maximum Gasteiger partial charge on any atom is 0.407 e. The molecular weight excluding hydrogens is 354 g/mol. The Morgan fingerprint density at radius 1 is 1.14 bits per heavy atom.